The summed E-state index contributed by atoms with van der Waals surface area (Å²) in [6, 6.07) is 9.69. The van der Waals surface area contributed by atoms with E-state index in [1.807, 2.05) is 24.3 Å². The highest BCUT2D eigenvalue weighted by atomic mass is 35.5. The quantitative estimate of drug-likeness (QED) is 0.788. The van der Waals surface area contributed by atoms with Crippen LogP contribution in [0.3, 0.4) is 0 Å². The number of para-hydroxylation sites is 1. The first kappa shape index (κ1) is 13.3. The number of pyridine rings is 1. The van der Waals surface area contributed by atoms with Crippen molar-refractivity contribution in [1.29, 1.82) is 0 Å². The topological polar surface area (TPSA) is 31.4 Å². The molecular weight excluding hydrogens is 274 g/mol. The van der Waals surface area contributed by atoms with Gasteiger partial charge in [0.1, 0.15) is 5.60 Å². The van der Waals surface area contributed by atoms with E-state index >= 15 is 0 Å². The molecule has 0 saturated heterocycles. The maximum atomic E-state index is 5.99. The van der Waals surface area contributed by atoms with Crippen LogP contribution >= 0.6 is 11.6 Å². The second-order valence-electron chi connectivity index (χ2n) is 5.49. The third-order valence-electron chi connectivity index (χ3n) is 3.26. The first-order valence-electron chi connectivity index (χ1n) is 6.58. The molecule has 0 saturated carbocycles. The van der Waals surface area contributed by atoms with Gasteiger partial charge in [-0.15, -0.1) is 11.6 Å². The van der Waals surface area contributed by atoms with E-state index in [1.54, 1.807) is 6.20 Å². The number of ether oxygens (including phenoxy) is 2. The molecule has 0 unspecified atom stereocenters. The van der Waals surface area contributed by atoms with E-state index in [0.717, 1.165) is 23.3 Å². The van der Waals surface area contributed by atoms with Gasteiger partial charge >= 0.3 is 0 Å². The molecule has 4 heteroatoms. The molecular formula is C16H16ClNO2. The standard InChI is InChI=1S/C16H16ClNO2/c1-16(2)9-11-5-3-7-13(14(11)20-16)19-15-12(10-17)6-4-8-18-15/h3-8H,9-10H2,1-2H3. The Morgan fingerprint density at radius 1 is 1.30 bits per heavy atom. The number of halogens is 1. The van der Waals surface area contributed by atoms with E-state index < -0.39 is 0 Å². The summed E-state index contributed by atoms with van der Waals surface area (Å²) in [7, 11) is 0. The minimum absolute atomic E-state index is 0.193. The Morgan fingerprint density at radius 3 is 2.95 bits per heavy atom. The van der Waals surface area contributed by atoms with Crippen LogP contribution in [0.5, 0.6) is 17.4 Å². The molecule has 104 valence electrons. The average molecular weight is 290 g/mol. The zero-order valence-electron chi connectivity index (χ0n) is 11.5. The van der Waals surface area contributed by atoms with Crippen molar-refractivity contribution in [1.82, 2.24) is 4.98 Å². The Morgan fingerprint density at radius 2 is 2.15 bits per heavy atom. The van der Waals surface area contributed by atoms with Gasteiger partial charge in [-0.1, -0.05) is 18.2 Å². The van der Waals surface area contributed by atoms with Crippen LogP contribution in [0.2, 0.25) is 0 Å². The summed E-state index contributed by atoms with van der Waals surface area (Å²) in [5.41, 5.74) is 1.83. The van der Waals surface area contributed by atoms with Gasteiger partial charge in [-0.2, -0.15) is 0 Å². The van der Waals surface area contributed by atoms with E-state index in [2.05, 4.69) is 24.9 Å². The molecule has 0 spiro atoms. The fourth-order valence-electron chi connectivity index (χ4n) is 2.39. The fourth-order valence-corrected chi connectivity index (χ4v) is 2.59. The van der Waals surface area contributed by atoms with Crippen molar-refractivity contribution < 1.29 is 9.47 Å². The van der Waals surface area contributed by atoms with Crippen molar-refractivity contribution in [3.8, 4) is 17.4 Å². The molecule has 1 aromatic carbocycles. The van der Waals surface area contributed by atoms with Gasteiger partial charge in [0.05, 0.1) is 5.88 Å². The van der Waals surface area contributed by atoms with Crippen molar-refractivity contribution in [2.75, 3.05) is 0 Å². The van der Waals surface area contributed by atoms with Crippen LogP contribution in [0.25, 0.3) is 0 Å². The largest absolute Gasteiger partial charge is 0.483 e. The SMILES string of the molecule is CC1(C)Cc2cccc(Oc3ncccc3CCl)c2O1. The van der Waals surface area contributed by atoms with Crippen molar-refractivity contribution in [2.24, 2.45) is 0 Å². The Kier molecular flexibility index (Phi) is 3.30. The van der Waals surface area contributed by atoms with Gasteiger partial charge in [0.2, 0.25) is 5.88 Å². The molecule has 1 aliphatic heterocycles. The molecule has 0 N–H and O–H groups in total. The van der Waals surface area contributed by atoms with Gasteiger partial charge < -0.3 is 9.47 Å². The minimum Gasteiger partial charge on any atom is -0.483 e. The summed E-state index contributed by atoms with van der Waals surface area (Å²) in [4.78, 5) is 4.24. The van der Waals surface area contributed by atoms with Crippen LogP contribution < -0.4 is 9.47 Å². The molecule has 3 rings (SSSR count). The van der Waals surface area contributed by atoms with Gasteiger partial charge in [-0.05, 0) is 26.0 Å². The lowest BCUT2D eigenvalue weighted by Gasteiger charge is -2.18. The van der Waals surface area contributed by atoms with Crippen LogP contribution in [0, 0.1) is 0 Å². The monoisotopic (exact) mass is 289 g/mol. The summed E-state index contributed by atoms with van der Waals surface area (Å²) < 4.78 is 11.9. The highest BCUT2D eigenvalue weighted by Crippen LogP contribution is 2.43. The number of aromatic nitrogens is 1. The Bertz CT molecular complexity index is 640. The van der Waals surface area contributed by atoms with Crippen LogP contribution in [0.4, 0.5) is 0 Å². The van der Waals surface area contributed by atoms with Crippen LogP contribution in [-0.2, 0) is 12.3 Å². The summed E-state index contributed by atoms with van der Waals surface area (Å²) in [5, 5.41) is 0. The lowest BCUT2D eigenvalue weighted by molar-refractivity contribution is 0.135. The number of hydrogen-bond acceptors (Lipinski definition) is 3. The Labute approximate surface area is 123 Å². The van der Waals surface area contributed by atoms with Gasteiger partial charge in [0.25, 0.3) is 0 Å². The number of nitrogens with zero attached hydrogens (tertiary/aromatic N) is 1. The predicted molar refractivity (Wildman–Crippen MR) is 78.7 cm³/mol. The predicted octanol–water partition coefficient (Wildman–Crippen LogP) is 4.33. The smallest absolute Gasteiger partial charge is 0.223 e. The second kappa shape index (κ2) is 4.98. The van der Waals surface area contributed by atoms with Gasteiger partial charge in [-0.3, -0.25) is 0 Å². The van der Waals surface area contributed by atoms with Gasteiger partial charge in [0, 0.05) is 23.7 Å². The van der Waals surface area contributed by atoms with E-state index in [0.29, 0.717) is 17.5 Å². The Hall–Kier alpha value is -1.74. The summed E-state index contributed by atoms with van der Waals surface area (Å²) in [6.07, 6.45) is 2.57. The van der Waals surface area contributed by atoms with E-state index in [1.165, 1.54) is 0 Å². The molecule has 2 heterocycles. The second-order valence-corrected chi connectivity index (χ2v) is 5.75. The maximum Gasteiger partial charge on any atom is 0.223 e. The number of benzene rings is 1. The van der Waals surface area contributed by atoms with Crippen molar-refractivity contribution in [3.63, 3.8) is 0 Å². The van der Waals surface area contributed by atoms with Crippen molar-refractivity contribution in [2.45, 2.75) is 31.7 Å². The number of alkyl halides is 1. The fraction of sp³-hybridized carbons (Fsp3) is 0.312. The van der Waals surface area contributed by atoms with E-state index in [-0.39, 0.29) is 5.60 Å². The highest BCUT2D eigenvalue weighted by Gasteiger charge is 2.32. The molecule has 1 aromatic heterocycles. The average Bonchev–Trinajstić information content (AvgIpc) is 2.74. The lowest BCUT2D eigenvalue weighted by Crippen LogP contribution is -2.24. The molecule has 0 radical (unpaired) electrons. The summed E-state index contributed by atoms with van der Waals surface area (Å²) in [6.45, 7) is 4.14. The zero-order chi connectivity index (χ0) is 14.2. The first-order valence-corrected chi connectivity index (χ1v) is 7.11. The molecule has 0 aliphatic carbocycles. The lowest BCUT2D eigenvalue weighted by atomic mass is 10.0. The molecule has 2 aromatic rings. The highest BCUT2D eigenvalue weighted by molar-refractivity contribution is 6.17. The number of fused-ring (bicyclic) bond motifs is 1. The minimum atomic E-state index is -0.193. The number of rotatable bonds is 3. The van der Waals surface area contributed by atoms with Crippen LogP contribution in [0.1, 0.15) is 25.0 Å². The molecule has 20 heavy (non-hydrogen) atoms. The molecule has 0 bridgehead atoms. The third kappa shape index (κ3) is 2.46. The van der Waals surface area contributed by atoms with Crippen LogP contribution in [0.15, 0.2) is 36.5 Å². The maximum absolute atomic E-state index is 5.99. The normalized spacial score (nSPS) is 15.6. The molecule has 0 fully saturated rings. The third-order valence-corrected chi connectivity index (χ3v) is 3.54. The Balaban J connectivity index is 1.96. The van der Waals surface area contributed by atoms with Crippen molar-refractivity contribution >= 4 is 11.6 Å². The van der Waals surface area contributed by atoms with Crippen molar-refractivity contribution in [3.05, 3.63) is 47.7 Å². The van der Waals surface area contributed by atoms with E-state index in [9.17, 15) is 0 Å². The molecule has 1 aliphatic rings. The number of hydrogen-bond donors (Lipinski definition) is 0. The van der Waals surface area contributed by atoms with Gasteiger partial charge in [0.15, 0.2) is 11.5 Å². The molecule has 0 atom stereocenters. The van der Waals surface area contributed by atoms with Gasteiger partial charge in [-0.25, -0.2) is 4.98 Å². The summed E-state index contributed by atoms with van der Waals surface area (Å²) >= 11 is 5.91. The molecule has 3 nitrogen and oxygen atoms in total. The first-order chi connectivity index (χ1) is 9.59. The zero-order valence-corrected chi connectivity index (χ0v) is 12.3. The van der Waals surface area contributed by atoms with Crippen LogP contribution in [-0.4, -0.2) is 10.6 Å². The summed E-state index contributed by atoms with van der Waals surface area (Å²) in [5.74, 6) is 2.40. The van der Waals surface area contributed by atoms with E-state index in [4.69, 9.17) is 21.1 Å². The molecule has 0 amide bonds.